The molecule has 0 bridgehead atoms. The molecule has 0 spiro atoms. The van der Waals surface area contributed by atoms with Crippen LogP contribution in [0.5, 0.6) is 11.5 Å². The molecule has 1 aliphatic rings. The Bertz CT molecular complexity index is 528. The third-order valence-electron chi connectivity index (χ3n) is 3.25. The molecule has 6 nitrogen and oxygen atoms in total. The molecule has 0 unspecified atom stereocenters. The van der Waals surface area contributed by atoms with Crippen molar-refractivity contribution >= 4 is 23.1 Å². The van der Waals surface area contributed by atoms with Gasteiger partial charge in [-0.3, -0.25) is 9.69 Å². The first-order valence-corrected chi connectivity index (χ1v) is 6.70. The smallest absolute Gasteiger partial charge is 0.257 e. The van der Waals surface area contributed by atoms with Gasteiger partial charge in [-0.1, -0.05) is 12.2 Å². The summed E-state index contributed by atoms with van der Waals surface area (Å²) >= 11 is 4.86. The van der Waals surface area contributed by atoms with E-state index in [1.807, 2.05) is 0 Å². The minimum absolute atomic E-state index is 0.0691. The second-order valence-electron chi connectivity index (χ2n) is 4.74. The number of hydrogen-bond donors (Lipinski definition) is 3. The summed E-state index contributed by atoms with van der Waals surface area (Å²) in [6, 6.07) is 3.97. The highest BCUT2D eigenvalue weighted by atomic mass is 32.1. The van der Waals surface area contributed by atoms with Gasteiger partial charge in [-0.2, -0.15) is 0 Å². The zero-order chi connectivity index (χ0) is 14.7. The van der Waals surface area contributed by atoms with Gasteiger partial charge in [0, 0.05) is 38.8 Å². The van der Waals surface area contributed by atoms with Crippen LogP contribution >= 0.6 is 12.2 Å². The van der Waals surface area contributed by atoms with E-state index >= 15 is 0 Å². The molecular formula is C13H17N3O3S. The van der Waals surface area contributed by atoms with Crippen LogP contribution in [-0.4, -0.2) is 63.6 Å². The van der Waals surface area contributed by atoms with Crippen LogP contribution in [0.15, 0.2) is 18.2 Å². The van der Waals surface area contributed by atoms with Crippen LogP contribution in [0.1, 0.15) is 10.4 Å². The van der Waals surface area contributed by atoms with Crippen LogP contribution < -0.4 is 5.73 Å². The summed E-state index contributed by atoms with van der Waals surface area (Å²) < 4.78 is 0. The number of thiocarbonyl (C=S) groups is 1. The van der Waals surface area contributed by atoms with E-state index in [0.29, 0.717) is 37.7 Å². The topological polar surface area (TPSA) is 90.0 Å². The Kier molecular flexibility index (Phi) is 4.41. The predicted octanol–water partition coefficient (Wildman–Crippen LogP) is 0.142. The SMILES string of the molecule is NC(=S)CN1CCN(C(=O)c2ccc(O)cc2O)CC1. The van der Waals surface area contributed by atoms with Crippen molar-refractivity contribution < 1.29 is 15.0 Å². The number of phenols is 2. The normalized spacial score (nSPS) is 16.1. The lowest BCUT2D eigenvalue weighted by Gasteiger charge is -2.34. The van der Waals surface area contributed by atoms with Crippen molar-refractivity contribution in [3.63, 3.8) is 0 Å². The Morgan fingerprint density at radius 1 is 1.25 bits per heavy atom. The minimum atomic E-state index is -0.238. The molecule has 1 aromatic rings. The molecule has 1 heterocycles. The first-order valence-electron chi connectivity index (χ1n) is 6.29. The van der Waals surface area contributed by atoms with Crippen molar-refractivity contribution in [1.29, 1.82) is 0 Å². The van der Waals surface area contributed by atoms with Gasteiger partial charge in [-0.05, 0) is 12.1 Å². The molecule has 0 radical (unpaired) electrons. The van der Waals surface area contributed by atoms with E-state index in [1.165, 1.54) is 12.1 Å². The molecule has 4 N–H and O–H groups in total. The summed E-state index contributed by atoms with van der Waals surface area (Å²) in [5.41, 5.74) is 5.69. The van der Waals surface area contributed by atoms with E-state index in [1.54, 1.807) is 4.90 Å². The van der Waals surface area contributed by atoms with Gasteiger partial charge in [0.2, 0.25) is 0 Å². The average Bonchev–Trinajstić information content (AvgIpc) is 2.38. The third kappa shape index (κ3) is 3.37. The Morgan fingerprint density at radius 3 is 2.45 bits per heavy atom. The number of benzene rings is 1. The van der Waals surface area contributed by atoms with Crippen LogP contribution in [-0.2, 0) is 0 Å². The molecule has 0 aromatic heterocycles. The quantitative estimate of drug-likeness (QED) is 0.687. The molecule has 1 aliphatic heterocycles. The van der Waals surface area contributed by atoms with E-state index in [9.17, 15) is 15.0 Å². The van der Waals surface area contributed by atoms with Gasteiger partial charge in [0.25, 0.3) is 5.91 Å². The number of phenolic OH excluding ortho intramolecular Hbond substituents is 2. The van der Waals surface area contributed by atoms with Crippen molar-refractivity contribution in [1.82, 2.24) is 9.80 Å². The van der Waals surface area contributed by atoms with Gasteiger partial charge in [-0.15, -0.1) is 0 Å². The largest absolute Gasteiger partial charge is 0.508 e. The standard InChI is InChI=1S/C13H17N3O3S/c14-12(20)8-15-3-5-16(6-4-15)13(19)10-2-1-9(17)7-11(10)18/h1-2,7,17-18H,3-6,8H2,(H2,14,20). The molecule has 0 aliphatic carbocycles. The van der Waals surface area contributed by atoms with Gasteiger partial charge in [-0.25, -0.2) is 0 Å². The number of hydrogen-bond acceptors (Lipinski definition) is 5. The third-order valence-corrected chi connectivity index (χ3v) is 3.38. The van der Waals surface area contributed by atoms with Crippen LogP contribution in [0.4, 0.5) is 0 Å². The lowest BCUT2D eigenvalue weighted by atomic mass is 10.1. The zero-order valence-corrected chi connectivity index (χ0v) is 11.8. The molecule has 108 valence electrons. The number of nitrogens with zero attached hydrogens (tertiary/aromatic N) is 2. The molecule has 1 saturated heterocycles. The molecule has 0 atom stereocenters. The van der Waals surface area contributed by atoms with E-state index in [-0.39, 0.29) is 23.0 Å². The van der Waals surface area contributed by atoms with Crippen LogP contribution in [0.25, 0.3) is 0 Å². The molecule has 1 aromatic carbocycles. The molecule has 2 rings (SSSR count). The van der Waals surface area contributed by atoms with E-state index in [2.05, 4.69) is 4.90 Å². The Balaban J connectivity index is 1.99. The number of rotatable bonds is 3. The van der Waals surface area contributed by atoms with E-state index in [4.69, 9.17) is 18.0 Å². The highest BCUT2D eigenvalue weighted by molar-refractivity contribution is 7.80. The van der Waals surface area contributed by atoms with E-state index in [0.717, 1.165) is 6.07 Å². The fraction of sp³-hybridized carbons (Fsp3) is 0.385. The number of piperazine rings is 1. The van der Waals surface area contributed by atoms with Crippen LogP contribution in [0.2, 0.25) is 0 Å². The molecule has 1 amide bonds. The first kappa shape index (κ1) is 14.5. The lowest BCUT2D eigenvalue weighted by molar-refractivity contribution is 0.0651. The second-order valence-corrected chi connectivity index (χ2v) is 5.26. The highest BCUT2D eigenvalue weighted by Gasteiger charge is 2.24. The van der Waals surface area contributed by atoms with Gasteiger partial charge in [0.05, 0.1) is 10.6 Å². The number of amides is 1. The van der Waals surface area contributed by atoms with Crippen LogP contribution in [0, 0.1) is 0 Å². The minimum Gasteiger partial charge on any atom is -0.508 e. The number of carbonyl (C=O) groups excluding carboxylic acids is 1. The first-order chi connectivity index (χ1) is 9.47. The molecule has 0 saturated carbocycles. The van der Waals surface area contributed by atoms with Crippen molar-refractivity contribution in [2.24, 2.45) is 5.73 Å². The van der Waals surface area contributed by atoms with Crippen molar-refractivity contribution in [3.05, 3.63) is 23.8 Å². The van der Waals surface area contributed by atoms with Crippen LogP contribution in [0.3, 0.4) is 0 Å². The lowest BCUT2D eigenvalue weighted by Crippen LogP contribution is -2.50. The Hall–Kier alpha value is -1.86. The summed E-state index contributed by atoms with van der Waals surface area (Å²) in [4.78, 5) is 16.5. The molecule has 1 fully saturated rings. The van der Waals surface area contributed by atoms with Gasteiger partial charge >= 0.3 is 0 Å². The summed E-state index contributed by atoms with van der Waals surface area (Å²) in [7, 11) is 0. The number of aromatic hydroxyl groups is 2. The zero-order valence-electron chi connectivity index (χ0n) is 11.0. The maximum absolute atomic E-state index is 12.3. The predicted molar refractivity (Wildman–Crippen MR) is 78.9 cm³/mol. The molecular weight excluding hydrogens is 278 g/mol. The number of carbonyl (C=O) groups is 1. The summed E-state index contributed by atoms with van der Waals surface area (Å²) in [6.45, 7) is 3.06. The monoisotopic (exact) mass is 295 g/mol. The maximum Gasteiger partial charge on any atom is 0.257 e. The Morgan fingerprint density at radius 2 is 1.90 bits per heavy atom. The summed E-state index contributed by atoms with van der Waals surface area (Å²) in [5, 5.41) is 18.9. The van der Waals surface area contributed by atoms with E-state index < -0.39 is 0 Å². The summed E-state index contributed by atoms with van der Waals surface area (Å²) in [5.74, 6) is -0.515. The molecule has 20 heavy (non-hydrogen) atoms. The second kappa shape index (κ2) is 6.06. The molecule has 7 heteroatoms. The van der Waals surface area contributed by atoms with Crippen molar-refractivity contribution in [3.8, 4) is 11.5 Å². The number of nitrogens with two attached hydrogens (primary N) is 1. The Labute approximate surface area is 122 Å². The van der Waals surface area contributed by atoms with Gasteiger partial charge in [0.15, 0.2) is 0 Å². The average molecular weight is 295 g/mol. The maximum atomic E-state index is 12.3. The summed E-state index contributed by atoms with van der Waals surface area (Å²) in [6.07, 6.45) is 0. The van der Waals surface area contributed by atoms with Crippen molar-refractivity contribution in [2.45, 2.75) is 0 Å². The van der Waals surface area contributed by atoms with Gasteiger partial charge < -0.3 is 20.8 Å². The fourth-order valence-electron chi connectivity index (χ4n) is 2.20. The highest BCUT2D eigenvalue weighted by Crippen LogP contribution is 2.24. The fourth-order valence-corrected chi connectivity index (χ4v) is 2.38. The van der Waals surface area contributed by atoms with Gasteiger partial charge in [0.1, 0.15) is 11.5 Å². The van der Waals surface area contributed by atoms with Crippen molar-refractivity contribution in [2.75, 3.05) is 32.7 Å².